The lowest BCUT2D eigenvalue weighted by molar-refractivity contribution is 0.116. The number of hydrogen-bond donors (Lipinski definition) is 3. The molecule has 8 heteroatoms. The summed E-state index contributed by atoms with van der Waals surface area (Å²) < 4.78 is 26.1. The maximum absolute atomic E-state index is 13.0. The molecule has 3 N–H and O–H groups in total. The summed E-state index contributed by atoms with van der Waals surface area (Å²) in [6.45, 7) is 1.76. The molecular formula is C20H22F2N4O2. The minimum atomic E-state index is -1.70. The summed E-state index contributed by atoms with van der Waals surface area (Å²) in [6.07, 6.45) is 2.08. The monoisotopic (exact) mass is 388 g/mol. The second-order valence-corrected chi connectivity index (χ2v) is 7.40. The smallest absolute Gasteiger partial charge is 0.274 e. The number of fused-ring (bicyclic) bond motifs is 1. The Hall–Kier alpha value is -2.61. The Labute approximate surface area is 161 Å². The Morgan fingerprint density at radius 1 is 1.11 bits per heavy atom. The third kappa shape index (κ3) is 3.32. The summed E-state index contributed by atoms with van der Waals surface area (Å²) in [5.41, 5.74) is 2.29. The molecule has 1 aromatic carbocycles. The van der Waals surface area contributed by atoms with Gasteiger partial charge in [0.25, 0.3) is 6.08 Å². The van der Waals surface area contributed by atoms with Crippen LogP contribution in [0.25, 0.3) is 16.8 Å². The summed E-state index contributed by atoms with van der Waals surface area (Å²) in [7, 11) is 0. The van der Waals surface area contributed by atoms with Crippen molar-refractivity contribution in [2.75, 3.05) is 5.32 Å². The summed E-state index contributed by atoms with van der Waals surface area (Å²) in [4.78, 5) is 4.42. The number of hydrogen-bond acceptors (Lipinski definition) is 6. The number of halogens is 2. The van der Waals surface area contributed by atoms with Crippen molar-refractivity contribution in [1.29, 1.82) is 0 Å². The van der Waals surface area contributed by atoms with E-state index in [2.05, 4.69) is 20.5 Å². The highest BCUT2D eigenvalue weighted by molar-refractivity contribution is 5.81. The van der Waals surface area contributed by atoms with Gasteiger partial charge in [-0.25, -0.2) is 4.98 Å². The molecule has 0 amide bonds. The van der Waals surface area contributed by atoms with E-state index in [1.807, 2.05) is 0 Å². The predicted octanol–water partition coefficient (Wildman–Crippen LogP) is 3.82. The first-order chi connectivity index (χ1) is 13.5. The number of aliphatic hydroxyl groups is 1. The Kier molecular flexibility index (Phi) is 4.97. The second kappa shape index (κ2) is 7.43. The van der Waals surface area contributed by atoms with Crippen molar-refractivity contribution in [2.24, 2.45) is 0 Å². The Bertz CT molecular complexity index is 944. The van der Waals surface area contributed by atoms with Crippen LogP contribution in [0.5, 0.6) is 5.75 Å². The van der Waals surface area contributed by atoms with Crippen LogP contribution in [0.3, 0.4) is 0 Å². The van der Waals surface area contributed by atoms with E-state index >= 15 is 0 Å². The average Bonchev–Trinajstić information content (AvgIpc) is 3.10. The third-order valence-corrected chi connectivity index (χ3v) is 5.62. The van der Waals surface area contributed by atoms with Crippen LogP contribution in [0.15, 0.2) is 18.2 Å². The fourth-order valence-corrected chi connectivity index (χ4v) is 4.10. The van der Waals surface area contributed by atoms with E-state index < -0.39 is 12.2 Å². The molecule has 0 bridgehead atoms. The van der Waals surface area contributed by atoms with Crippen molar-refractivity contribution in [3.05, 3.63) is 35.0 Å². The van der Waals surface area contributed by atoms with E-state index in [1.165, 1.54) is 0 Å². The van der Waals surface area contributed by atoms with E-state index in [0.717, 1.165) is 25.7 Å². The molecule has 0 radical (unpaired) electrons. The molecule has 1 aromatic heterocycles. The lowest BCUT2D eigenvalue weighted by Gasteiger charge is -2.28. The summed E-state index contributed by atoms with van der Waals surface area (Å²) in [5, 5.41) is 32.2. The van der Waals surface area contributed by atoms with Crippen molar-refractivity contribution in [3.8, 4) is 17.0 Å². The minimum absolute atomic E-state index is 0.0108. The first kappa shape index (κ1) is 18.7. The number of phenols is 1. The predicted molar refractivity (Wildman–Crippen MR) is 101 cm³/mol. The standard InChI is InChI=1S/C20H22F2N4O2/c1-10-17(25-26-20(23-10)24-15-4-2-3-5-16(15)27)14-9-6-11-12(18(14)28)7-8-13(11)19(21)22/h6,9,15-16,27-28H,2-5,7-8H2,1H3,(H,23,24,26)/t15-,16-/m1/s1. The zero-order valence-corrected chi connectivity index (χ0v) is 15.5. The van der Waals surface area contributed by atoms with Crippen LogP contribution in [-0.4, -0.2) is 37.5 Å². The Morgan fingerprint density at radius 3 is 2.57 bits per heavy atom. The number of aromatic nitrogens is 3. The molecule has 0 aliphatic heterocycles. The number of rotatable bonds is 3. The third-order valence-electron chi connectivity index (χ3n) is 5.62. The molecule has 0 saturated heterocycles. The van der Waals surface area contributed by atoms with Gasteiger partial charge in [-0.3, -0.25) is 0 Å². The second-order valence-electron chi connectivity index (χ2n) is 7.40. The minimum Gasteiger partial charge on any atom is -0.507 e. The van der Waals surface area contributed by atoms with Crippen LogP contribution in [-0.2, 0) is 6.42 Å². The highest BCUT2D eigenvalue weighted by atomic mass is 19.3. The summed E-state index contributed by atoms with van der Waals surface area (Å²) in [5.74, 6) is 0.286. The topological polar surface area (TPSA) is 91.2 Å². The van der Waals surface area contributed by atoms with Gasteiger partial charge in [-0.1, -0.05) is 18.9 Å². The van der Waals surface area contributed by atoms with E-state index in [4.69, 9.17) is 0 Å². The number of anilines is 1. The molecule has 2 aromatic rings. The van der Waals surface area contributed by atoms with Crippen molar-refractivity contribution >= 4 is 11.5 Å². The molecule has 2 aliphatic rings. The summed E-state index contributed by atoms with van der Waals surface area (Å²) >= 11 is 0. The molecule has 1 heterocycles. The van der Waals surface area contributed by atoms with Crippen LogP contribution in [0.1, 0.15) is 48.9 Å². The van der Waals surface area contributed by atoms with E-state index in [-0.39, 0.29) is 23.8 Å². The molecule has 1 fully saturated rings. The maximum Gasteiger partial charge on any atom is 0.274 e. The fraction of sp³-hybridized carbons (Fsp3) is 0.450. The largest absolute Gasteiger partial charge is 0.507 e. The first-order valence-electron chi connectivity index (χ1n) is 9.51. The average molecular weight is 388 g/mol. The molecule has 28 heavy (non-hydrogen) atoms. The number of nitrogens with one attached hydrogen (secondary N) is 1. The molecule has 6 nitrogen and oxygen atoms in total. The number of phenolic OH excluding ortho intramolecular Hbond substituents is 1. The zero-order valence-electron chi connectivity index (χ0n) is 15.5. The van der Waals surface area contributed by atoms with Crippen molar-refractivity contribution in [2.45, 2.75) is 57.6 Å². The van der Waals surface area contributed by atoms with Crippen LogP contribution < -0.4 is 5.32 Å². The number of nitrogens with zero attached hydrogens (tertiary/aromatic N) is 3. The van der Waals surface area contributed by atoms with Gasteiger partial charge in [0.15, 0.2) is 0 Å². The molecule has 0 spiro atoms. The van der Waals surface area contributed by atoms with Crippen LogP contribution in [0.4, 0.5) is 14.7 Å². The van der Waals surface area contributed by atoms with Gasteiger partial charge >= 0.3 is 0 Å². The molecule has 0 unspecified atom stereocenters. The number of benzene rings is 1. The van der Waals surface area contributed by atoms with E-state index in [0.29, 0.717) is 40.4 Å². The van der Waals surface area contributed by atoms with Crippen molar-refractivity contribution in [3.63, 3.8) is 0 Å². The molecule has 1 saturated carbocycles. The van der Waals surface area contributed by atoms with Gasteiger partial charge in [0, 0.05) is 16.7 Å². The molecule has 4 rings (SSSR count). The zero-order chi connectivity index (χ0) is 19.8. The lowest BCUT2D eigenvalue weighted by Crippen LogP contribution is -2.37. The van der Waals surface area contributed by atoms with Gasteiger partial charge in [0.05, 0.1) is 17.8 Å². The number of aromatic hydroxyl groups is 1. The lowest BCUT2D eigenvalue weighted by atomic mass is 9.93. The van der Waals surface area contributed by atoms with Gasteiger partial charge in [-0.05, 0) is 44.2 Å². The van der Waals surface area contributed by atoms with Gasteiger partial charge < -0.3 is 15.5 Å². The van der Waals surface area contributed by atoms with Gasteiger partial charge in [0.1, 0.15) is 11.4 Å². The van der Waals surface area contributed by atoms with E-state index in [9.17, 15) is 19.0 Å². The first-order valence-corrected chi connectivity index (χ1v) is 9.51. The Balaban J connectivity index is 1.63. The van der Waals surface area contributed by atoms with Crippen molar-refractivity contribution < 1.29 is 19.0 Å². The molecular weight excluding hydrogens is 366 g/mol. The van der Waals surface area contributed by atoms with Crippen LogP contribution in [0.2, 0.25) is 0 Å². The highest BCUT2D eigenvalue weighted by Crippen LogP contribution is 2.44. The van der Waals surface area contributed by atoms with E-state index in [1.54, 1.807) is 19.1 Å². The van der Waals surface area contributed by atoms with Gasteiger partial charge in [-0.2, -0.15) is 8.78 Å². The molecule has 2 atom stereocenters. The molecule has 2 aliphatic carbocycles. The van der Waals surface area contributed by atoms with Crippen LogP contribution >= 0.6 is 0 Å². The maximum atomic E-state index is 13.0. The molecule has 148 valence electrons. The highest BCUT2D eigenvalue weighted by Gasteiger charge is 2.27. The van der Waals surface area contributed by atoms with Gasteiger partial charge in [0.2, 0.25) is 5.95 Å². The quantitative estimate of drug-likeness (QED) is 0.740. The number of aryl methyl sites for hydroxylation is 1. The fourth-order valence-electron chi connectivity index (χ4n) is 4.10. The number of allylic oxidation sites excluding steroid dienone is 1. The van der Waals surface area contributed by atoms with Crippen LogP contribution in [0, 0.1) is 6.92 Å². The van der Waals surface area contributed by atoms with Crippen molar-refractivity contribution in [1.82, 2.24) is 15.2 Å². The van der Waals surface area contributed by atoms with Gasteiger partial charge in [-0.15, -0.1) is 10.2 Å². The SMILES string of the molecule is Cc1nc(N[C@@H]2CCCC[C@H]2O)nnc1-c1ccc2c(c1O)CCC2=C(F)F. The number of aliphatic hydroxyl groups excluding tert-OH is 1. The summed E-state index contributed by atoms with van der Waals surface area (Å²) in [6, 6.07) is 3.08. The normalized spacial score (nSPS) is 21.5. The Morgan fingerprint density at radius 2 is 1.86 bits per heavy atom.